The van der Waals surface area contributed by atoms with E-state index in [9.17, 15) is 8.42 Å². The molecule has 3 rings (SSSR count). The van der Waals surface area contributed by atoms with E-state index in [4.69, 9.17) is 0 Å². The number of nitrogens with zero attached hydrogens (tertiary/aromatic N) is 2. The van der Waals surface area contributed by atoms with Crippen molar-refractivity contribution < 1.29 is 8.42 Å². The van der Waals surface area contributed by atoms with Gasteiger partial charge >= 0.3 is 0 Å². The van der Waals surface area contributed by atoms with E-state index in [0.29, 0.717) is 17.3 Å². The maximum atomic E-state index is 11.9. The highest BCUT2D eigenvalue weighted by atomic mass is 79.9. The van der Waals surface area contributed by atoms with Gasteiger partial charge in [-0.2, -0.15) is 0 Å². The van der Waals surface area contributed by atoms with Crippen molar-refractivity contribution in [1.82, 2.24) is 4.98 Å². The molecule has 4 nitrogen and oxygen atoms in total. The number of anilines is 1. The van der Waals surface area contributed by atoms with Gasteiger partial charge in [0, 0.05) is 30.0 Å². The Balaban J connectivity index is 2.03. The third kappa shape index (κ3) is 2.82. The van der Waals surface area contributed by atoms with Gasteiger partial charge in [0.25, 0.3) is 0 Å². The molecule has 0 radical (unpaired) electrons. The maximum absolute atomic E-state index is 11.9. The zero-order valence-corrected chi connectivity index (χ0v) is 14.0. The van der Waals surface area contributed by atoms with Gasteiger partial charge in [-0.15, -0.1) is 0 Å². The SMILES string of the molecule is CS(=O)(=O)c1cccnc1N1CCc2cccc(Br)c2C1. The molecular formula is C15H15BrN2O2S. The number of pyridine rings is 1. The van der Waals surface area contributed by atoms with Crippen LogP contribution in [0.15, 0.2) is 45.9 Å². The van der Waals surface area contributed by atoms with E-state index in [1.54, 1.807) is 18.3 Å². The fourth-order valence-corrected chi connectivity index (χ4v) is 4.00. The van der Waals surface area contributed by atoms with Crippen molar-refractivity contribution in [2.24, 2.45) is 0 Å². The third-order valence-electron chi connectivity index (χ3n) is 3.67. The summed E-state index contributed by atoms with van der Waals surface area (Å²) in [5.41, 5.74) is 2.51. The van der Waals surface area contributed by atoms with E-state index in [0.717, 1.165) is 17.4 Å². The largest absolute Gasteiger partial charge is 0.351 e. The van der Waals surface area contributed by atoms with E-state index in [-0.39, 0.29) is 0 Å². The Morgan fingerprint density at radius 3 is 2.81 bits per heavy atom. The van der Waals surface area contributed by atoms with Crippen molar-refractivity contribution in [3.05, 3.63) is 52.1 Å². The number of halogens is 1. The molecule has 1 aliphatic heterocycles. The molecule has 0 saturated carbocycles. The lowest BCUT2D eigenvalue weighted by atomic mass is 10.00. The number of rotatable bonds is 2. The molecule has 110 valence electrons. The van der Waals surface area contributed by atoms with Crippen LogP contribution < -0.4 is 4.90 Å². The molecule has 0 spiro atoms. The highest BCUT2D eigenvalue weighted by molar-refractivity contribution is 9.10. The van der Waals surface area contributed by atoms with Gasteiger partial charge in [-0.1, -0.05) is 28.1 Å². The van der Waals surface area contributed by atoms with Crippen molar-refractivity contribution in [2.75, 3.05) is 17.7 Å². The van der Waals surface area contributed by atoms with Crippen molar-refractivity contribution in [3.63, 3.8) is 0 Å². The molecular weight excluding hydrogens is 352 g/mol. The number of sulfone groups is 1. The minimum Gasteiger partial charge on any atom is -0.351 e. The van der Waals surface area contributed by atoms with Crippen molar-refractivity contribution in [3.8, 4) is 0 Å². The Kier molecular flexibility index (Phi) is 3.75. The van der Waals surface area contributed by atoms with E-state index >= 15 is 0 Å². The Labute approximate surface area is 132 Å². The lowest BCUT2D eigenvalue weighted by Crippen LogP contribution is -2.32. The summed E-state index contributed by atoms with van der Waals surface area (Å²) in [4.78, 5) is 6.63. The quantitative estimate of drug-likeness (QED) is 0.819. The van der Waals surface area contributed by atoms with Gasteiger partial charge < -0.3 is 4.90 Å². The van der Waals surface area contributed by atoms with Gasteiger partial charge in [0.15, 0.2) is 9.84 Å². The predicted octanol–water partition coefficient (Wildman–Crippen LogP) is 2.81. The van der Waals surface area contributed by atoms with Crippen LogP contribution in [0.25, 0.3) is 0 Å². The second-order valence-corrected chi connectivity index (χ2v) is 7.98. The van der Waals surface area contributed by atoms with Crippen LogP contribution >= 0.6 is 15.9 Å². The molecule has 2 aromatic rings. The molecule has 6 heteroatoms. The number of aromatic nitrogens is 1. The Morgan fingerprint density at radius 1 is 1.24 bits per heavy atom. The van der Waals surface area contributed by atoms with E-state index in [1.807, 2.05) is 17.0 Å². The molecule has 1 aromatic carbocycles. The van der Waals surface area contributed by atoms with E-state index in [2.05, 4.69) is 27.0 Å². The molecule has 0 bridgehead atoms. The van der Waals surface area contributed by atoms with Crippen LogP contribution in [0.5, 0.6) is 0 Å². The van der Waals surface area contributed by atoms with Gasteiger partial charge in [0.1, 0.15) is 10.7 Å². The standard InChI is InChI=1S/C15H15BrN2O2S/c1-21(19,20)14-6-3-8-17-15(14)18-9-7-11-4-2-5-13(16)12(11)10-18/h2-6,8H,7,9-10H2,1H3. The van der Waals surface area contributed by atoms with Gasteiger partial charge in [-0.25, -0.2) is 13.4 Å². The number of benzene rings is 1. The van der Waals surface area contributed by atoms with Crippen LogP contribution in [0.4, 0.5) is 5.82 Å². The minimum absolute atomic E-state index is 0.292. The molecule has 0 amide bonds. The summed E-state index contributed by atoms with van der Waals surface area (Å²) in [5.74, 6) is 0.543. The minimum atomic E-state index is -3.29. The van der Waals surface area contributed by atoms with Gasteiger partial charge in [-0.3, -0.25) is 0 Å². The summed E-state index contributed by atoms with van der Waals surface area (Å²) in [6.45, 7) is 1.43. The molecule has 2 heterocycles. The number of fused-ring (bicyclic) bond motifs is 1. The van der Waals surface area contributed by atoms with Crippen LogP contribution in [0.3, 0.4) is 0 Å². The third-order valence-corrected chi connectivity index (χ3v) is 5.53. The van der Waals surface area contributed by atoms with Crippen molar-refractivity contribution in [1.29, 1.82) is 0 Å². The summed E-state index contributed by atoms with van der Waals surface area (Å²) in [5, 5.41) is 0. The Morgan fingerprint density at radius 2 is 2.05 bits per heavy atom. The summed E-state index contributed by atoms with van der Waals surface area (Å²) in [7, 11) is -3.29. The lowest BCUT2D eigenvalue weighted by molar-refractivity contribution is 0.600. The summed E-state index contributed by atoms with van der Waals surface area (Å²) >= 11 is 3.57. The van der Waals surface area contributed by atoms with Crippen molar-refractivity contribution >= 4 is 31.6 Å². The normalized spacial score (nSPS) is 14.9. The summed E-state index contributed by atoms with van der Waals surface area (Å²) in [6, 6.07) is 9.44. The van der Waals surface area contributed by atoms with Crippen LogP contribution in [-0.4, -0.2) is 26.2 Å². The topological polar surface area (TPSA) is 50.3 Å². The molecule has 0 N–H and O–H groups in total. The first-order valence-corrected chi connectivity index (χ1v) is 9.31. The summed E-state index contributed by atoms with van der Waals surface area (Å²) in [6.07, 6.45) is 3.75. The molecule has 1 aromatic heterocycles. The molecule has 0 fully saturated rings. The molecule has 1 aliphatic rings. The zero-order valence-electron chi connectivity index (χ0n) is 11.6. The predicted molar refractivity (Wildman–Crippen MR) is 86.2 cm³/mol. The molecule has 21 heavy (non-hydrogen) atoms. The summed E-state index contributed by atoms with van der Waals surface area (Å²) < 4.78 is 24.9. The Hall–Kier alpha value is -1.40. The molecule has 0 saturated heterocycles. The lowest BCUT2D eigenvalue weighted by Gasteiger charge is -2.31. The molecule has 0 unspecified atom stereocenters. The first-order chi connectivity index (χ1) is 9.97. The van der Waals surface area contributed by atoms with Crippen LogP contribution in [-0.2, 0) is 22.8 Å². The fourth-order valence-electron chi connectivity index (χ4n) is 2.63. The van der Waals surface area contributed by atoms with Gasteiger partial charge in [-0.05, 0) is 35.7 Å². The van der Waals surface area contributed by atoms with Gasteiger partial charge in [0.2, 0.25) is 0 Å². The van der Waals surface area contributed by atoms with Crippen molar-refractivity contribution in [2.45, 2.75) is 17.9 Å². The molecule has 0 aliphatic carbocycles. The second kappa shape index (κ2) is 5.42. The number of hydrogen-bond donors (Lipinski definition) is 0. The molecule has 0 atom stereocenters. The highest BCUT2D eigenvalue weighted by Crippen LogP contribution is 2.31. The van der Waals surface area contributed by atoms with Gasteiger partial charge in [0.05, 0.1) is 0 Å². The first-order valence-electron chi connectivity index (χ1n) is 6.63. The first kappa shape index (κ1) is 14.5. The van der Waals surface area contributed by atoms with Crippen LogP contribution in [0, 0.1) is 0 Å². The highest BCUT2D eigenvalue weighted by Gasteiger charge is 2.24. The average molecular weight is 367 g/mol. The average Bonchev–Trinajstić information content (AvgIpc) is 2.46. The fraction of sp³-hybridized carbons (Fsp3) is 0.267. The van der Waals surface area contributed by atoms with Crippen LogP contribution in [0.1, 0.15) is 11.1 Å². The van der Waals surface area contributed by atoms with E-state index in [1.165, 1.54) is 17.4 Å². The second-order valence-electron chi connectivity index (χ2n) is 5.15. The zero-order chi connectivity index (χ0) is 15.0. The maximum Gasteiger partial charge on any atom is 0.179 e. The Bertz CT molecular complexity index is 790. The number of hydrogen-bond acceptors (Lipinski definition) is 4. The monoisotopic (exact) mass is 366 g/mol. The van der Waals surface area contributed by atoms with Crippen LogP contribution in [0.2, 0.25) is 0 Å². The smallest absolute Gasteiger partial charge is 0.179 e. The van der Waals surface area contributed by atoms with E-state index < -0.39 is 9.84 Å².